The van der Waals surface area contributed by atoms with Crippen molar-refractivity contribution in [2.75, 3.05) is 31.1 Å². The summed E-state index contributed by atoms with van der Waals surface area (Å²) in [5.41, 5.74) is 13.5. The van der Waals surface area contributed by atoms with Crippen LogP contribution < -0.4 is 16.2 Å². The summed E-state index contributed by atoms with van der Waals surface area (Å²) in [5.74, 6) is 0.586. The maximum Gasteiger partial charge on any atom is 0.193 e. The Morgan fingerprint density at radius 1 is 1.04 bits per heavy atom. The van der Waals surface area contributed by atoms with Crippen LogP contribution in [0.2, 0.25) is 0 Å². The van der Waals surface area contributed by atoms with Gasteiger partial charge in [0.25, 0.3) is 0 Å². The molecule has 1 atom stereocenters. The molecule has 2 aromatic rings. The lowest BCUT2D eigenvalue weighted by molar-refractivity contribution is 0.103. The normalized spacial score (nSPS) is 12.2. The average Bonchev–Trinajstić information content (AvgIpc) is 2.61. The van der Waals surface area contributed by atoms with E-state index >= 15 is 0 Å². The molecule has 0 bridgehead atoms. The van der Waals surface area contributed by atoms with Gasteiger partial charge in [-0.1, -0.05) is 26.0 Å². The summed E-state index contributed by atoms with van der Waals surface area (Å²) in [7, 11) is 0. The first-order valence-electron chi connectivity index (χ1n) is 8.63. The van der Waals surface area contributed by atoms with Crippen LogP contribution >= 0.6 is 0 Å². The van der Waals surface area contributed by atoms with Gasteiger partial charge in [0.1, 0.15) is 11.9 Å². The number of rotatable bonds is 8. The van der Waals surface area contributed by atoms with Crippen molar-refractivity contribution in [2.45, 2.75) is 26.9 Å². The molecule has 5 heteroatoms. The molecule has 0 saturated heterocycles. The van der Waals surface area contributed by atoms with Crippen molar-refractivity contribution in [3.8, 4) is 5.75 Å². The van der Waals surface area contributed by atoms with Crippen LogP contribution in [0.4, 0.5) is 11.4 Å². The minimum absolute atomic E-state index is 0.0393. The van der Waals surface area contributed by atoms with Crippen LogP contribution in [0, 0.1) is 0 Å². The molecular weight excluding hydrogens is 314 g/mol. The topological polar surface area (TPSA) is 81.6 Å². The summed E-state index contributed by atoms with van der Waals surface area (Å²) >= 11 is 0. The van der Waals surface area contributed by atoms with Gasteiger partial charge in [0.05, 0.1) is 11.4 Å². The van der Waals surface area contributed by atoms with Crippen molar-refractivity contribution in [2.24, 2.45) is 0 Å². The first-order valence-corrected chi connectivity index (χ1v) is 8.63. The molecule has 134 valence electrons. The molecule has 2 aromatic carbocycles. The number of ketones is 1. The van der Waals surface area contributed by atoms with Gasteiger partial charge in [-0.2, -0.15) is 0 Å². The Morgan fingerprint density at radius 2 is 1.72 bits per heavy atom. The first kappa shape index (κ1) is 18.8. The summed E-state index contributed by atoms with van der Waals surface area (Å²) in [4.78, 5) is 15.0. The number of nitrogens with two attached hydrogens (primary N) is 2. The second-order valence-corrected chi connectivity index (χ2v) is 6.11. The quantitative estimate of drug-likeness (QED) is 0.569. The fourth-order valence-corrected chi connectivity index (χ4v) is 2.71. The third kappa shape index (κ3) is 4.97. The summed E-state index contributed by atoms with van der Waals surface area (Å²) in [6, 6.07) is 12.2. The van der Waals surface area contributed by atoms with Gasteiger partial charge in [0.15, 0.2) is 5.78 Å². The SMILES string of the molecule is CCN(CC)CC(C)Oc1cccc(C(=O)c2ccc(N)c(N)c2)c1. The van der Waals surface area contributed by atoms with Crippen LogP contribution in [0.1, 0.15) is 36.7 Å². The summed E-state index contributed by atoms with van der Waals surface area (Å²) < 4.78 is 5.98. The molecule has 4 N–H and O–H groups in total. The number of hydrogen-bond donors (Lipinski definition) is 2. The lowest BCUT2D eigenvalue weighted by Crippen LogP contribution is -2.33. The molecule has 0 aliphatic carbocycles. The molecule has 0 aliphatic heterocycles. The predicted molar refractivity (Wildman–Crippen MR) is 103 cm³/mol. The van der Waals surface area contributed by atoms with Crippen LogP contribution in [0.3, 0.4) is 0 Å². The molecule has 25 heavy (non-hydrogen) atoms. The molecule has 1 unspecified atom stereocenters. The molecule has 0 fully saturated rings. The monoisotopic (exact) mass is 341 g/mol. The van der Waals surface area contributed by atoms with E-state index in [1.807, 2.05) is 19.1 Å². The van der Waals surface area contributed by atoms with Crippen molar-refractivity contribution in [3.05, 3.63) is 53.6 Å². The van der Waals surface area contributed by atoms with Crippen molar-refractivity contribution < 1.29 is 9.53 Å². The standard InChI is InChI=1S/C20H27N3O2/c1-4-23(5-2)13-14(3)25-17-8-6-7-15(11-17)20(24)16-9-10-18(21)19(22)12-16/h6-12,14H,4-5,13,21-22H2,1-3H3. The number of carbonyl (C=O) groups excluding carboxylic acids is 1. The molecule has 0 saturated carbocycles. The zero-order valence-corrected chi connectivity index (χ0v) is 15.2. The number of likely N-dealkylation sites (N-methyl/N-ethyl adjacent to an activating group) is 1. The smallest absolute Gasteiger partial charge is 0.193 e. The van der Waals surface area contributed by atoms with Gasteiger partial charge in [0.2, 0.25) is 0 Å². The zero-order chi connectivity index (χ0) is 18.4. The van der Waals surface area contributed by atoms with Crippen molar-refractivity contribution >= 4 is 17.2 Å². The molecule has 0 amide bonds. The Bertz CT molecular complexity index is 727. The number of ether oxygens (including phenoxy) is 1. The van der Waals surface area contributed by atoms with E-state index in [0.29, 0.717) is 28.3 Å². The first-order chi connectivity index (χ1) is 11.9. The Hall–Kier alpha value is -2.53. The molecule has 0 radical (unpaired) electrons. The Balaban J connectivity index is 2.12. The number of nitrogens with zero attached hydrogens (tertiary/aromatic N) is 1. The van der Waals surface area contributed by atoms with Crippen LogP contribution in [0.5, 0.6) is 5.75 Å². The minimum Gasteiger partial charge on any atom is -0.489 e. The molecular formula is C20H27N3O2. The van der Waals surface area contributed by atoms with Crippen molar-refractivity contribution in [1.29, 1.82) is 0 Å². The third-order valence-corrected chi connectivity index (χ3v) is 4.19. The predicted octanol–water partition coefficient (Wildman–Crippen LogP) is 3.19. The van der Waals surface area contributed by atoms with Crippen molar-refractivity contribution in [3.63, 3.8) is 0 Å². The van der Waals surface area contributed by atoms with Crippen LogP contribution in [-0.4, -0.2) is 36.4 Å². The Labute approximate surface area is 149 Å². The van der Waals surface area contributed by atoms with Crippen LogP contribution in [0.25, 0.3) is 0 Å². The minimum atomic E-state index is -0.103. The van der Waals surface area contributed by atoms with Gasteiger partial charge in [-0.3, -0.25) is 4.79 Å². The molecule has 0 spiro atoms. The summed E-state index contributed by atoms with van der Waals surface area (Å²) in [6.45, 7) is 9.12. The maximum atomic E-state index is 12.7. The van der Waals surface area contributed by atoms with E-state index in [2.05, 4.69) is 18.7 Å². The van der Waals surface area contributed by atoms with Gasteiger partial charge in [-0.25, -0.2) is 0 Å². The fraction of sp³-hybridized carbons (Fsp3) is 0.350. The van der Waals surface area contributed by atoms with Gasteiger partial charge in [-0.15, -0.1) is 0 Å². The summed E-state index contributed by atoms with van der Waals surface area (Å²) in [6.07, 6.45) is 0.0393. The van der Waals surface area contributed by atoms with Gasteiger partial charge < -0.3 is 21.1 Å². The zero-order valence-electron chi connectivity index (χ0n) is 15.2. The van der Waals surface area contributed by atoms with Crippen molar-refractivity contribution in [1.82, 2.24) is 4.90 Å². The van der Waals surface area contributed by atoms with E-state index in [4.69, 9.17) is 16.2 Å². The number of anilines is 2. The number of carbonyl (C=O) groups is 1. The molecule has 2 rings (SSSR count). The van der Waals surface area contributed by atoms with E-state index in [9.17, 15) is 4.79 Å². The van der Waals surface area contributed by atoms with E-state index in [-0.39, 0.29) is 11.9 Å². The second-order valence-electron chi connectivity index (χ2n) is 6.11. The number of nitrogen functional groups attached to an aromatic ring is 2. The highest BCUT2D eigenvalue weighted by atomic mass is 16.5. The molecule has 0 aliphatic rings. The highest BCUT2D eigenvalue weighted by molar-refractivity contribution is 6.10. The number of benzene rings is 2. The Kier molecular flexibility index (Phi) is 6.42. The lowest BCUT2D eigenvalue weighted by atomic mass is 10.0. The lowest BCUT2D eigenvalue weighted by Gasteiger charge is -2.23. The highest BCUT2D eigenvalue weighted by Crippen LogP contribution is 2.21. The van der Waals surface area contributed by atoms with E-state index in [1.165, 1.54) is 0 Å². The second kappa shape index (κ2) is 8.53. The van der Waals surface area contributed by atoms with Gasteiger partial charge >= 0.3 is 0 Å². The highest BCUT2D eigenvalue weighted by Gasteiger charge is 2.13. The largest absolute Gasteiger partial charge is 0.489 e. The van der Waals surface area contributed by atoms with Gasteiger partial charge in [-0.05, 0) is 50.3 Å². The number of hydrogen-bond acceptors (Lipinski definition) is 5. The summed E-state index contributed by atoms with van der Waals surface area (Å²) in [5, 5.41) is 0. The van der Waals surface area contributed by atoms with Crippen LogP contribution in [0.15, 0.2) is 42.5 Å². The molecule has 0 aromatic heterocycles. The maximum absolute atomic E-state index is 12.7. The molecule has 0 heterocycles. The van der Waals surface area contributed by atoms with Gasteiger partial charge in [0, 0.05) is 17.7 Å². The van der Waals surface area contributed by atoms with Crippen LogP contribution in [-0.2, 0) is 0 Å². The molecule has 5 nitrogen and oxygen atoms in total. The Morgan fingerprint density at radius 3 is 2.36 bits per heavy atom. The third-order valence-electron chi connectivity index (χ3n) is 4.19. The van der Waals surface area contributed by atoms with E-state index < -0.39 is 0 Å². The fourth-order valence-electron chi connectivity index (χ4n) is 2.71. The van der Waals surface area contributed by atoms with E-state index in [1.54, 1.807) is 30.3 Å². The average molecular weight is 341 g/mol. The van der Waals surface area contributed by atoms with E-state index in [0.717, 1.165) is 19.6 Å².